The third kappa shape index (κ3) is 6.39. The van der Waals surface area contributed by atoms with Crippen molar-refractivity contribution in [3.8, 4) is 0 Å². The smallest absolute Gasteiger partial charge is 0.0644 e. The molecule has 0 aromatic rings. The van der Waals surface area contributed by atoms with E-state index >= 15 is 0 Å². The van der Waals surface area contributed by atoms with Crippen molar-refractivity contribution in [1.82, 2.24) is 5.32 Å². The molecule has 0 saturated heterocycles. The molecule has 3 heteroatoms. The molecule has 17 heavy (non-hydrogen) atoms. The van der Waals surface area contributed by atoms with Crippen LogP contribution in [0.5, 0.6) is 0 Å². The Bertz CT molecular complexity index is 202. The minimum atomic E-state index is -0.0636. The Kier molecular flexibility index (Phi) is 6.45. The minimum Gasteiger partial charge on any atom is -0.380 e. The van der Waals surface area contributed by atoms with Crippen molar-refractivity contribution >= 4 is 0 Å². The number of hydrogen-bond acceptors (Lipinski definition) is 3. The zero-order valence-corrected chi connectivity index (χ0v) is 11.9. The minimum absolute atomic E-state index is 0.0636. The summed E-state index contributed by atoms with van der Waals surface area (Å²) < 4.78 is 11.2. The molecule has 0 aliphatic heterocycles. The summed E-state index contributed by atoms with van der Waals surface area (Å²) >= 11 is 0. The van der Waals surface area contributed by atoms with E-state index in [2.05, 4.69) is 26.1 Å². The molecule has 102 valence electrons. The van der Waals surface area contributed by atoms with Crippen LogP contribution in [0, 0.1) is 5.92 Å². The monoisotopic (exact) mass is 243 g/mol. The summed E-state index contributed by atoms with van der Waals surface area (Å²) in [6.07, 6.45) is 4.89. The molecule has 1 aliphatic rings. The molecule has 1 atom stereocenters. The van der Waals surface area contributed by atoms with Crippen LogP contribution >= 0.6 is 0 Å². The Labute approximate surface area is 106 Å². The molecule has 1 rings (SSSR count). The van der Waals surface area contributed by atoms with E-state index in [0.717, 1.165) is 32.1 Å². The maximum Gasteiger partial charge on any atom is 0.0644 e. The highest BCUT2D eigenvalue weighted by Crippen LogP contribution is 2.32. The Balaban J connectivity index is 2.10. The first kappa shape index (κ1) is 14.9. The van der Waals surface area contributed by atoms with Crippen LogP contribution in [-0.2, 0) is 9.47 Å². The maximum atomic E-state index is 5.79. The van der Waals surface area contributed by atoms with Crippen molar-refractivity contribution in [2.45, 2.75) is 58.1 Å². The molecule has 0 aromatic heterocycles. The number of hydrogen-bond donors (Lipinski definition) is 1. The van der Waals surface area contributed by atoms with Gasteiger partial charge in [0, 0.05) is 19.8 Å². The van der Waals surface area contributed by atoms with Crippen LogP contribution in [0.4, 0.5) is 0 Å². The van der Waals surface area contributed by atoms with E-state index in [0.29, 0.717) is 6.04 Å². The molecular weight excluding hydrogens is 214 g/mol. The lowest BCUT2D eigenvalue weighted by Crippen LogP contribution is -2.36. The van der Waals surface area contributed by atoms with E-state index in [-0.39, 0.29) is 5.60 Å². The maximum absolute atomic E-state index is 5.79. The van der Waals surface area contributed by atoms with Gasteiger partial charge in [-0.25, -0.2) is 0 Å². The van der Waals surface area contributed by atoms with Gasteiger partial charge in [-0.1, -0.05) is 6.92 Å². The van der Waals surface area contributed by atoms with Crippen LogP contribution in [0.2, 0.25) is 0 Å². The molecule has 0 aromatic carbocycles. The fourth-order valence-electron chi connectivity index (χ4n) is 1.82. The third-order valence-corrected chi connectivity index (χ3v) is 3.55. The van der Waals surface area contributed by atoms with Crippen LogP contribution in [0.3, 0.4) is 0 Å². The molecular formula is C14H29NO2. The highest BCUT2D eigenvalue weighted by atomic mass is 16.5. The quantitative estimate of drug-likeness (QED) is 0.598. The van der Waals surface area contributed by atoms with Gasteiger partial charge in [0.1, 0.15) is 0 Å². The van der Waals surface area contributed by atoms with E-state index in [9.17, 15) is 0 Å². The Morgan fingerprint density at radius 1 is 1.35 bits per heavy atom. The number of methoxy groups -OCH3 is 1. The first-order chi connectivity index (χ1) is 8.09. The first-order valence-electron chi connectivity index (χ1n) is 6.95. The predicted octanol–water partition coefficient (Wildman–Crippen LogP) is 2.60. The zero-order valence-electron chi connectivity index (χ0n) is 11.9. The predicted molar refractivity (Wildman–Crippen MR) is 71.3 cm³/mol. The van der Waals surface area contributed by atoms with Gasteiger partial charge in [0.2, 0.25) is 0 Å². The normalized spacial score (nSPS) is 18.4. The molecule has 0 spiro atoms. The lowest BCUT2D eigenvalue weighted by atomic mass is 10.1. The van der Waals surface area contributed by atoms with Gasteiger partial charge in [0.15, 0.2) is 0 Å². The summed E-state index contributed by atoms with van der Waals surface area (Å²) in [5.41, 5.74) is -0.0636. The average molecular weight is 243 g/mol. The second-order valence-electron chi connectivity index (χ2n) is 5.69. The van der Waals surface area contributed by atoms with Gasteiger partial charge < -0.3 is 14.8 Å². The average Bonchev–Trinajstić information content (AvgIpc) is 3.12. The van der Waals surface area contributed by atoms with Crippen LogP contribution in [0.1, 0.15) is 46.5 Å². The molecule has 1 fully saturated rings. The fourth-order valence-corrected chi connectivity index (χ4v) is 1.82. The van der Waals surface area contributed by atoms with Crippen molar-refractivity contribution in [2.24, 2.45) is 5.92 Å². The van der Waals surface area contributed by atoms with Gasteiger partial charge in [-0.3, -0.25) is 0 Å². The van der Waals surface area contributed by atoms with Crippen molar-refractivity contribution in [2.75, 3.05) is 26.9 Å². The lowest BCUT2D eigenvalue weighted by molar-refractivity contribution is -0.0130. The number of rotatable bonds is 10. The molecule has 0 heterocycles. The Hall–Kier alpha value is -0.120. The van der Waals surface area contributed by atoms with E-state index in [1.54, 1.807) is 7.11 Å². The van der Waals surface area contributed by atoms with E-state index in [1.807, 2.05) is 0 Å². The topological polar surface area (TPSA) is 30.5 Å². The Morgan fingerprint density at radius 3 is 2.59 bits per heavy atom. The highest BCUT2D eigenvalue weighted by molar-refractivity contribution is 4.86. The van der Waals surface area contributed by atoms with E-state index < -0.39 is 0 Å². The second kappa shape index (κ2) is 7.34. The fraction of sp³-hybridized carbons (Fsp3) is 1.00. The summed E-state index contributed by atoms with van der Waals surface area (Å²) in [7, 11) is 1.76. The van der Waals surface area contributed by atoms with Crippen LogP contribution in [-0.4, -0.2) is 38.5 Å². The summed E-state index contributed by atoms with van der Waals surface area (Å²) in [6, 6.07) is 0.570. The van der Waals surface area contributed by atoms with Gasteiger partial charge in [0.25, 0.3) is 0 Å². The van der Waals surface area contributed by atoms with Gasteiger partial charge in [0.05, 0.1) is 12.2 Å². The first-order valence-corrected chi connectivity index (χ1v) is 6.95. The van der Waals surface area contributed by atoms with Crippen molar-refractivity contribution in [3.05, 3.63) is 0 Å². The SMILES string of the molecule is CCCNC(COCCC(C)(C)OC)C1CC1. The largest absolute Gasteiger partial charge is 0.380 e. The number of ether oxygens (including phenoxy) is 2. The molecule has 1 aliphatic carbocycles. The van der Waals surface area contributed by atoms with Crippen LogP contribution in [0.15, 0.2) is 0 Å². The zero-order chi connectivity index (χ0) is 12.7. The third-order valence-electron chi connectivity index (χ3n) is 3.55. The summed E-state index contributed by atoms with van der Waals surface area (Å²) in [5, 5.41) is 3.59. The highest BCUT2D eigenvalue weighted by Gasteiger charge is 2.30. The van der Waals surface area contributed by atoms with Gasteiger partial charge in [-0.05, 0) is 52.0 Å². The molecule has 1 saturated carbocycles. The van der Waals surface area contributed by atoms with E-state index in [4.69, 9.17) is 9.47 Å². The lowest BCUT2D eigenvalue weighted by Gasteiger charge is -2.24. The summed E-state index contributed by atoms with van der Waals surface area (Å²) in [4.78, 5) is 0. The van der Waals surface area contributed by atoms with Gasteiger partial charge in [-0.2, -0.15) is 0 Å². The van der Waals surface area contributed by atoms with E-state index in [1.165, 1.54) is 19.3 Å². The Morgan fingerprint density at radius 2 is 2.06 bits per heavy atom. The molecule has 3 nitrogen and oxygen atoms in total. The summed E-state index contributed by atoms with van der Waals surface area (Å²) in [6.45, 7) is 9.16. The van der Waals surface area contributed by atoms with Gasteiger partial charge in [-0.15, -0.1) is 0 Å². The molecule has 0 radical (unpaired) electrons. The van der Waals surface area contributed by atoms with Crippen molar-refractivity contribution < 1.29 is 9.47 Å². The molecule has 1 N–H and O–H groups in total. The van der Waals surface area contributed by atoms with Crippen molar-refractivity contribution in [3.63, 3.8) is 0 Å². The van der Waals surface area contributed by atoms with Crippen LogP contribution in [0.25, 0.3) is 0 Å². The summed E-state index contributed by atoms with van der Waals surface area (Å²) in [5.74, 6) is 0.858. The van der Waals surface area contributed by atoms with Crippen molar-refractivity contribution in [1.29, 1.82) is 0 Å². The number of nitrogens with one attached hydrogen (secondary N) is 1. The van der Waals surface area contributed by atoms with Crippen LogP contribution < -0.4 is 5.32 Å². The molecule has 0 amide bonds. The second-order valence-corrected chi connectivity index (χ2v) is 5.69. The van der Waals surface area contributed by atoms with Gasteiger partial charge >= 0.3 is 0 Å². The molecule has 0 bridgehead atoms. The standard InChI is InChI=1S/C14H29NO2/c1-5-9-15-13(12-6-7-12)11-17-10-8-14(2,3)16-4/h12-13,15H,5-11H2,1-4H3. The molecule has 1 unspecified atom stereocenters.